The van der Waals surface area contributed by atoms with Crippen molar-refractivity contribution in [3.63, 3.8) is 0 Å². The molecule has 0 heterocycles. The fourth-order valence-electron chi connectivity index (χ4n) is 2.19. The predicted octanol–water partition coefficient (Wildman–Crippen LogP) is 3.17. The van der Waals surface area contributed by atoms with Gasteiger partial charge in [0.1, 0.15) is 5.75 Å². The van der Waals surface area contributed by atoms with Crippen LogP contribution in [-0.2, 0) is 0 Å². The molecule has 6 heteroatoms. The number of hydrogen-bond acceptors (Lipinski definition) is 5. The van der Waals surface area contributed by atoms with Crippen molar-refractivity contribution < 1.29 is 23.8 Å². The van der Waals surface area contributed by atoms with Crippen LogP contribution in [0, 0.1) is 0 Å². The molecule has 0 unspecified atom stereocenters. The molecule has 0 saturated carbocycles. The summed E-state index contributed by atoms with van der Waals surface area (Å²) in [6, 6.07) is 9.79. The van der Waals surface area contributed by atoms with Gasteiger partial charge >= 0.3 is 0 Å². The van der Waals surface area contributed by atoms with Gasteiger partial charge in [-0.15, -0.1) is 0 Å². The fourth-order valence-corrected chi connectivity index (χ4v) is 2.19. The second kappa shape index (κ2) is 7.50. The molecule has 0 atom stereocenters. The molecular formula is C18H19NO5. The zero-order valence-electron chi connectivity index (χ0n) is 14.0. The van der Waals surface area contributed by atoms with Gasteiger partial charge in [0, 0.05) is 23.4 Å². The van der Waals surface area contributed by atoms with Crippen LogP contribution in [-0.4, -0.2) is 33.0 Å². The van der Waals surface area contributed by atoms with Gasteiger partial charge < -0.3 is 19.5 Å². The van der Waals surface area contributed by atoms with Crippen molar-refractivity contribution in [3.05, 3.63) is 47.5 Å². The van der Waals surface area contributed by atoms with Crippen molar-refractivity contribution in [2.45, 2.75) is 6.92 Å². The lowest BCUT2D eigenvalue weighted by molar-refractivity contribution is 0.101. The normalized spacial score (nSPS) is 10.0. The summed E-state index contributed by atoms with van der Waals surface area (Å²) in [5.74, 6) is 0.871. The first-order valence-electron chi connectivity index (χ1n) is 7.22. The Kier molecular flexibility index (Phi) is 5.42. The van der Waals surface area contributed by atoms with Crippen LogP contribution >= 0.6 is 0 Å². The summed E-state index contributed by atoms with van der Waals surface area (Å²) < 4.78 is 15.7. The quantitative estimate of drug-likeness (QED) is 0.824. The van der Waals surface area contributed by atoms with Gasteiger partial charge in [-0.2, -0.15) is 0 Å². The highest BCUT2D eigenvalue weighted by molar-refractivity contribution is 6.07. The van der Waals surface area contributed by atoms with Crippen molar-refractivity contribution >= 4 is 17.4 Å². The molecule has 0 aromatic heterocycles. The maximum absolute atomic E-state index is 12.5. The zero-order chi connectivity index (χ0) is 17.7. The third-order valence-corrected chi connectivity index (χ3v) is 3.50. The Morgan fingerprint density at radius 1 is 0.833 bits per heavy atom. The van der Waals surface area contributed by atoms with E-state index in [0.29, 0.717) is 34.1 Å². The lowest BCUT2D eigenvalue weighted by atomic mass is 10.1. The minimum absolute atomic E-state index is 0.0329. The third kappa shape index (κ3) is 3.65. The van der Waals surface area contributed by atoms with Crippen molar-refractivity contribution in [1.29, 1.82) is 0 Å². The monoisotopic (exact) mass is 329 g/mol. The van der Waals surface area contributed by atoms with Gasteiger partial charge in [0.2, 0.25) is 0 Å². The van der Waals surface area contributed by atoms with Crippen LogP contribution in [0.4, 0.5) is 5.69 Å². The number of carbonyl (C=O) groups is 2. The number of methoxy groups -OCH3 is 3. The molecular weight excluding hydrogens is 310 g/mol. The predicted molar refractivity (Wildman–Crippen MR) is 90.5 cm³/mol. The lowest BCUT2D eigenvalue weighted by Crippen LogP contribution is -2.13. The van der Waals surface area contributed by atoms with Gasteiger partial charge in [-0.25, -0.2) is 0 Å². The van der Waals surface area contributed by atoms with Gasteiger partial charge in [-0.1, -0.05) is 0 Å². The highest BCUT2D eigenvalue weighted by atomic mass is 16.5. The van der Waals surface area contributed by atoms with Gasteiger partial charge in [0.25, 0.3) is 5.91 Å². The second-order valence-corrected chi connectivity index (χ2v) is 5.00. The van der Waals surface area contributed by atoms with Crippen LogP contribution in [0.25, 0.3) is 0 Å². The number of carbonyl (C=O) groups excluding carboxylic acids is 2. The van der Waals surface area contributed by atoms with Crippen LogP contribution < -0.4 is 19.5 Å². The Bertz CT molecular complexity index is 753. The van der Waals surface area contributed by atoms with Gasteiger partial charge in [-0.05, 0) is 31.2 Å². The minimum Gasteiger partial charge on any atom is -0.496 e. The van der Waals surface area contributed by atoms with E-state index in [1.807, 2.05) is 0 Å². The molecule has 0 aliphatic rings. The number of ketones is 1. The number of anilines is 1. The number of benzene rings is 2. The molecule has 1 N–H and O–H groups in total. The number of rotatable bonds is 6. The summed E-state index contributed by atoms with van der Waals surface area (Å²) in [5.41, 5.74) is 1.46. The molecule has 0 spiro atoms. The van der Waals surface area contributed by atoms with Gasteiger partial charge in [-0.3, -0.25) is 9.59 Å². The van der Waals surface area contributed by atoms with E-state index < -0.39 is 0 Å². The zero-order valence-corrected chi connectivity index (χ0v) is 14.0. The molecule has 0 saturated heterocycles. The number of hydrogen-bond donors (Lipinski definition) is 1. The van der Waals surface area contributed by atoms with E-state index in [2.05, 4.69) is 5.32 Å². The topological polar surface area (TPSA) is 73.9 Å². The maximum Gasteiger partial charge on any atom is 0.259 e. The molecule has 0 aliphatic carbocycles. The Hall–Kier alpha value is -3.02. The summed E-state index contributed by atoms with van der Waals surface area (Å²) in [5, 5.41) is 2.76. The van der Waals surface area contributed by atoms with E-state index in [1.165, 1.54) is 28.3 Å². The number of nitrogens with one attached hydrogen (secondary N) is 1. The highest BCUT2D eigenvalue weighted by Crippen LogP contribution is 2.34. The van der Waals surface area contributed by atoms with Crippen LogP contribution in [0.2, 0.25) is 0 Å². The highest BCUT2D eigenvalue weighted by Gasteiger charge is 2.18. The van der Waals surface area contributed by atoms with E-state index in [-0.39, 0.29) is 11.7 Å². The SMILES string of the molecule is COc1cc(OC)c(C(=O)Nc2ccc(C(C)=O)cc2)cc1OC. The van der Waals surface area contributed by atoms with Crippen molar-refractivity contribution in [3.8, 4) is 17.2 Å². The van der Waals surface area contributed by atoms with Crippen molar-refractivity contribution in [1.82, 2.24) is 0 Å². The summed E-state index contributed by atoms with van der Waals surface area (Å²) in [7, 11) is 4.47. The molecule has 1 amide bonds. The van der Waals surface area contributed by atoms with Crippen molar-refractivity contribution in [2.24, 2.45) is 0 Å². The molecule has 0 aliphatic heterocycles. The van der Waals surface area contributed by atoms with E-state index in [9.17, 15) is 9.59 Å². The Morgan fingerprint density at radius 3 is 1.88 bits per heavy atom. The molecule has 0 fully saturated rings. The smallest absolute Gasteiger partial charge is 0.259 e. The van der Waals surface area contributed by atoms with Gasteiger partial charge in [0.05, 0.1) is 26.9 Å². The summed E-state index contributed by atoms with van der Waals surface area (Å²) in [6.45, 7) is 1.49. The van der Waals surface area contributed by atoms with Gasteiger partial charge in [0.15, 0.2) is 17.3 Å². The Balaban J connectivity index is 2.30. The molecule has 0 bridgehead atoms. The molecule has 6 nitrogen and oxygen atoms in total. The summed E-state index contributed by atoms with van der Waals surface area (Å²) >= 11 is 0. The summed E-state index contributed by atoms with van der Waals surface area (Å²) in [4.78, 5) is 23.8. The number of amides is 1. The van der Waals surface area contributed by atoms with Crippen LogP contribution in [0.5, 0.6) is 17.2 Å². The first kappa shape index (κ1) is 17.3. The summed E-state index contributed by atoms with van der Waals surface area (Å²) in [6.07, 6.45) is 0. The molecule has 2 aromatic carbocycles. The number of Topliss-reactive ketones (excluding diaryl/α,β-unsaturated/α-hetero) is 1. The van der Waals surface area contributed by atoms with E-state index in [4.69, 9.17) is 14.2 Å². The van der Waals surface area contributed by atoms with E-state index in [0.717, 1.165) is 0 Å². The van der Waals surface area contributed by atoms with E-state index in [1.54, 1.807) is 36.4 Å². The first-order valence-corrected chi connectivity index (χ1v) is 7.22. The molecule has 2 aromatic rings. The minimum atomic E-state index is -0.358. The maximum atomic E-state index is 12.5. The Morgan fingerprint density at radius 2 is 1.38 bits per heavy atom. The lowest BCUT2D eigenvalue weighted by Gasteiger charge is -2.14. The first-order chi connectivity index (χ1) is 11.5. The van der Waals surface area contributed by atoms with Crippen molar-refractivity contribution in [2.75, 3.05) is 26.6 Å². The molecule has 126 valence electrons. The van der Waals surface area contributed by atoms with E-state index >= 15 is 0 Å². The second-order valence-electron chi connectivity index (χ2n) is 5.00. The average Bonchev–Trinajstić information content (AvgIpc) is 2.60. The largest absolute Gasteiger partial charge is 0.496 e. The molecule has 24 heavy (non-hydrogen) atoms. The van der Waals surface area contributed by atoms with Crippen LogP contribution in [0.15, 0.2) is 36.4 Å². The molecule has 0 radical (unpaired) electrons. The fraction of sp³-hybridized carbons (Fsp3) is 0.222. The average molecular weight is 329 g/mol. The molecule has 2 rings (SSSR count). The van der Waals surface area contributed by atoms with Crippen LogP contribution in [0.1, 0.15) is 27.6 Å². The number of ether oxygens (including phenoxy) is 3. The van der Waals surface area contributed by atoms with Crippen LogP contribution in [0.3, 0.4) is 0 Å². The standard InChI is InChI=1S/C18H19NO5/c1-11(20)12-5-7-13(8-6-12)19-18(21)14-9-16(23-3)17(24-4)10-15(14)22-2/h5-10H,1-4H3,(H,19,21). The Labute approximate surface area is 140 Å². The third-order valence-electron chi connectivity index (χ3n) is 3.50.